The van der Waals surface area contributed by atoms with E-state index in [1.807, 2.05) is 0 Å². The fourth-order valence-electron chi connectivity index (χ4n) is 2.22. The molecule has 1 nitrogen and oxygen atoms in total. The minimum Gasteiger partial charge on any atom is -0.314 e. The van der Waals surface area contributed by atoms with E-state index >= 15 is 0 Å². The quantitative estimate of drug-likeness (QED) is 0.568. The summed E-state index contributed by atoms with van der Waals surface area (Å²) in [4.78, 5) is 0. The second-order valence-electron chi connectivity index (χ2n) is 4.66. The minimum absolute atomic E-state index is 0.755. The second-order valence-corrected chi connectivity index (χ2v) is 4.66. The Kier molecular flexibility index (Phi) is 10.4. The maximum atomic E-state index is 3.57. The van der Waals surface area contributed by atoms with Gasteiger partial charge >= 0.3 is 0 Å². The summed E-state index contributed by atoms with van der Waals surface area (Å²) in [5.41, 5.74) is 0. The summed E-state index contributed by atoms with van der Waals surface area (Å²) >= 11 is 0. The molecular formula is C14H31N. The zero-order valence-corrected chi connectivity index (χ0v) is 11.3. The van der Waals surface area contributed by atoms with E-state index in [0.29, 0.717) is 0 Å². The van der Waals surface area contributed by atoms with Crippen LogP contribution in [-0.4, -0.2) is 12.6 Å². The van der Waals surface area contributed by atoms with E-state index in [1.54, 1.807) is 0 Å². The molecule has 0 amide bonds. The van der Waals surface area contributed by atoms with Crippen LogP contribution in [0.4, 0.5) is 0 Å². The van der Waals surface area contributed by atoms with Crippen molar-refractivity contribution in [2.24, 2.45) is 5.92 Å². The zero-order valence-electron chi connectivity index (χ0n) is 11.3. The summed E-state index contributed by atoms with van der Waals surface area (Å²) in [6, 6.07) is 0.755. The van der Waals surface area contributed by atoms with Crippen LogP contribution in [0.15, 0.2) is 0 Å². The van der Waals surface area contributed by atoms with Crippen LogP contribution in [0.3, 0.4) is 0 Å². The number of hydrogen-bond acceptors (Lipinski definition) is 1. The van der Waals surface area contributed by atoms with Crippen LogP contribution in [0.1, 0.15) is 72.6 Å². The van der Waals surface area contributed by atoms with Gasteiger partial charge in [-0.15, -0.1) is 0 Å². The van der Waals surface area contributed by atoms with Gasteiger partial charge in [-0.1, -0.05) is 53.4 Å². The Balaban J connectivity index is 3.66. The van der Waals surface area contributed by atoms with Crippen LogP contribution in [0.25, 0.3) is 0 Å². The van der Waals surface area contributed by atoms with Gasteiger partial charge in [-0.25, -0.2) is 0 Å². The third-order valence-corrected chi connectivity index (χ3v) is 3.45. The Morgan fingerprint density at radius 3 is 2.07 bits per heavy atom. The van der Waals surface area contributed by atoms with Crippen molar-refractivity contribution in [2.45, 2.75) is 78.7 Å². The average Bonchev–Trinajstić information content (AvgIpc) is 2.27. The maximum Gasteiger partial charge on any atom is 0.00644 e. The highest BCUT2D eigenvalue weighted by Crippen LogP contribution is 2.19. The van der Waals surface area contributed by atoms with Crippen molar-refractivity contribution in [1.82, 2.24) is 5.32 Å². The Bertz CT molecular complexity index is 123. The normalized spacial score (nSPS) is 15.2. The summed E-state index contributed by atoms with van der Waals surface area (Å²) in [6.07, 6.45) is 9.63. The number of nitrogens with one attached hydrogen (secondary N) is 1. The van der Waals surface area contributed by atoms with Crippen LogP contribution in [0.2, 0.25) is 0 Å². The minimum atomic E-state index is 0.755. The second kappa shape index (κ2) is 10.5. The largest absolute Gasteiger partial charge is 0.314 e. The lowest BCUT2D eigenvalue weighted by atomic mass is 9.92. The third-order valence-electron chi connectivity index (χ3n) is 3.45. The molecule has 0 fully saturated rings. The van der Waals surface area contributed by atoms with Crippen molar-refractivity contribution in [3.8, 4) is 0 Å². The van der Waals surface area contributed by atoms with E-state index in [9.17, 15) is 0 Å². The molecule has 0 aliphatic rings. The molecule has 1 heteroatoms. The summed E-state index contributed by atoms with van der Waals surface area (Å²) in [5, 5.41) is 3.57. The van der Waals surface area contributed by atoms with Crippen LogP contribution in [0, 0.1) is 5.92 Å². The molecule has 2 atom stereocenters. The smallest absolute Gasteiger partial charge is 0.00644 e. The standard InChI is InChI=1S/C14H31N/c1-5-9-10-13(6-2)11-12-14(7-3)15-8-4/h13-15H,5-12H2,1-4H3. The van der Waals surface area contributed by atoms with Gasteiger partial charge in [-0.2, -0.15) is 0 Å². The van der Waals surface area contributed by atoms with Crippen LogP contribution in [0.5, 0.6) is 0 Å². The molecule has 0 aromatic rings. The topological polar surface area (TPSA) is 12.0 Å². The summed E-state index contributed by atoms with van der Waals surface area (Å²) in [7, 11) is 0. The Labute approximate surface area is 97.0 Å². The average molecular weight is 213 g/mol. The van der Waals surface area contributed by atoms with Gasteiger partial charge in [0.2, 0.25) is 0 Å². The fourth-order valence-corrected chi connectivity index (χ4v) is 2.22. The molecule has 1 N–H and O–H groups in total. The molecule has 0 spiro atoms. The predicted molar refractivity (Wildman–Crippen MR) is 70.3 cm³/mol. The molecule has 0 radical (unpaired) electrons. The van der Waals surface area contributed by atoms with E-state index in [1.165, 1.54) is 44.9 Å². The van der Waals surface area contributed by atoms with E-state index in [2.05, 4.69) is 33.0 Å². The number of unbranched alkanes of at least 4 members (excludes halogenated alkanes) is 1. The fraction of sp³-hybridized carbons (Fsp3) is 1.00. The van der Waals surface area contributed by atoms with Gasteiger partial charge < -0.3 is 5.32 Å². The molecule has 0 heterocycles. The van der Waals surface area contributed by atoms with E-state index < -0.39 is 0 Å². The first-order valence-corrected chi connectivity index (χ1v) is 7.01. The summed E-state index contributed by atoms with van der Waals surface area (Å²) < 4.78 is 0. The Morgan fingerprint density at radius 2 is 1.60 bits per heavy atom. The number of hydrogen-bond donors (Lipinski definition) is 1. The van der Waals surface area contributed by atoms with Crippen molar-refractivity contribution in [1.29, 1.82) is 0 Å². The molecule has 15 heavy (non-hydrogen) atoms. The van der Waals surface area contributed by atoms with Gasteiger partial charge in [0.1, 0.15) is 0 Å². The Morgan fingerprint density at radius 1 is 0.867 bits per heavy atom. The zero-order chi connectivity index (χ0) is 11.5. The molecule has 0 rings (SSSR count). The van der Waals surface area contributed by atoms with Crippen LogP contribution in [-0.2, 0) is 0 Å². The first-order chi connectivity index (χ1) is 7.28. The van der Waals surface area contributed by atoms with E-state index in [-0.39, 0.29) is 0 Å². The van der Waals surface area contributed by atoms with Crippen molar-refractivity contribution in [3.63, 3.8) is 0 Å². The molecule has 0 aliphatic heterocycles. The molecule has 0 aromatic carbocycles. The lowest BCUT2D eigenvalue weighted by molar-refractivity contribution is 0.366. The highest BCUT2D eigenvalue weighted by atomic mass is 14.9. The van der Waals surface area contributed by atoms with Gasteiger partial charge in [0.05, 0.1) is 0 Å². The van der Waals surface area contributed by atoms with Crippen molar-refractivity contribution in [3.05, 3.63) is 0 Å². The first kappa shape index (κ1) is 15.0. The van der Waals surface area contributed by atoms with Gasteiger partial charge in [0, 0.05) is 6.04 Å². The Hall–Kier alpha value is -0.0400. The van der Waals surface area contributed by atoms with Gasteiger partial charge in [-0.05, 0) is 31.7 Å². The molecule has 0 saturated carbocycles. The summed E-state index contributed by atoms with van der Waals surface area (Å²) in [6.45, 7) is 10.2. The third kappa shape index (κ3) is 7.84. The number of rotatable bonds is 10. The summed E-state index contributed by atoms with van der Waals surface area (Å²) in [5.74, 6) is 0.970. The SMILES string of the molecule is CCCCC(CC)CCC(CC)NCC. The van der Waals surface area contributed by atoms with Crippen LogP contribution < -0.4 is 5.32 Å². The molecule has 0 aromatic heterocycles. The predicted octanol–water partition coefficient (Wildman–Crippen LogP) is 4.37. The van der Waals surface area contributed by atoms with E-state index in [4.69, 9.17) is 0 Å². The van der Waals surface area contributed by atoms with Crippen molar-refractivity contribution >= 4 is 0 Å². The molecule has 0 aliphatic carbocycles. The van der Waals surface area contributed by atoms with Crippen molar-refractivity contribution in [2.75, 3.05) is 6.54 Å². The van der Waals surface area contributed by atoms with Gasteiger partial charge in [0.25, 0.3) is 0 Å². The monoisotopic (exact) mass is 213 g/mol. The highest BCUT2D eigenvalue weighted by Gasteiger charge is 2.09. The first-order valence-electron chi connectivity index (χ1n) is 7.01. The molecule has 92 valence electrons. The molecular weight excluding hydrogens is 182 g/mol. The molecule has 0 bridgehead atoms. The lowest BCUT2D eigenvalue weighted by Gasteiger charge is -2.20. The molecule has 0 saturated heterocycles. The van der Waals surface area contributed by atoms with Gasteiger partial charge in [0.15, 0.2) is 0 Å². The lowest BCUT2D eigenvalue weighted by Crippen LogP contribution is -2.28. The van der Waals surface area contributed by atoms with E-state index in [0.717, 1.165) is 18.5 Å². The molecule has 2 unspecified atom stereocenters. The van der Waals surface area contributed by atoms with Crippen LogP contribution >= 0.6 is 0 Å². The maximum absolute atomic E-state index is 3.57. The van der Waals surface area contributed by atoms with Crippen molar-refractivity contribution < 1.29 is 0 Å². The van der Waals surface area contributed by atoms with Gasteiger partial charge in [-0.3, -0.25) is 0 Å². The highest BCUT2D eigenvalue weighted by molar-refractivity contribution is 4.67.